The van der Waals surface area contributed by atoms with E-state index in [1.165, 1.54) is 23.1 Å². The van der Waals surface area contributed by atoms with E-state index < -0.39 is 23.7 Å². The third-order valence-electron chi connectivity index (χ3n) is 3.75. The van der Waals surface area contributed by atoms with Crippen molar-refractivity contribution < 1.29 is 33.4 Å². The second-order valence-electron chi connectivity index (χ2n) is 5.50. The first-order valence-corrected chi connectivity index (χ1v) is 7.99. The van der Waals surface area contributed by atoms with Crippen LogP contribution in [0.1, 0.15) is 10.4 Å². The highest BCUT2D eigenvalue weighted by molar-refractivity contribution is 6.08. The zero-order valence-corrected chi connectivity index (χ0v) is 14.7. The van der Waals surface area contributed by atoms with Crippen molar-refractivity contribution in [3.8, 4) is 0 Å². The molecule has 1 heterocycles. The van der Waals surface area contributed by atoms with Crippen LogP contribution >= 0.6 is 0 Å². The molecular weight excluding hydrogens is 359 g/mol. The zero-order chi connectivity index (χ0) is 20.0. The van der Waals surface area contributed by atoms with Crippen molar-refractivity contribution in [3.63, 3.8) is 0 Å². The second kappa shape index (κ2) is 8.95. The molecule has 0 aliphatic carbocycles. The van der Waals surface area contributed by atoms with Gasteiger partial charge in [0.15, 0.2) is 0 Å². The molecule has 9 heteroatoms. The maximum atomic E-state index is 14.4. The Morgan fingerprint density at radius 2 is 2.15 bits per heavy atom. The maximum Gasteiger partial charge on any atom is 0.338 e. The van der Waals surface area contributed by atoms with E-state index in [9.17, 15) is 18.8 Å². The van der Waals surface area contributed by atoms with Crippen molar-refractivity contribution in [2.75, 3.05) is 38.7 Å². The minimum absolute atomic E-state index is 0.00891. The number of aliphatic hydroxyl groups is 1. The summed E-state index contributed by atoms with van der Waals surface area (Å²) < 4.78 is 23.9. The summed E-state index contributed by atoms with van der Waals surface area (Å²) in [5.74, 6) is -2.84. The lowest BCUT2D eigenvalue weighted by molar-refractivity contribution is -0.136. The molecule has 0 spiro atoms. The van der Waals surface area contributed by atoms with E-state index in [0.29, 0.717) is 0 Å². The van der Waals surface area contributed by atoms with Crippen molar-refractivity contribution >= 4 is 23.5 Å². The average Bonchev–Trinajstić information content (AvgIpc) is 2.97. The Morgan fingerprint density at radius 3 is 2.74 bits per heavy atom. The summed E-state index contributed by atoms with van der Waals surface area (Å²) in [5, 5.41) is 11.6. The Morgan fingerprint density at radius 1 is 1.41 bits per heavy atom. The van der Waals surface area contributed by atoms with Gasteiger partial charge >= 0.3 is 11.9 Å². The van der Waals surface area contributed by atoms with Crippen LogP contribution in [0.25, 0.3) is 0 Å². The van der Waals surface area contributed by atoms with E-state index in [-0.39, 0.29) is 48.8 Å². The number of methoxy groups -OCH3 is 1. The predicted octanol–water partition coefficient (Wildman–Crippen LogP) is 0.842. The largest absolute Gasteiger partial charge is 0.466 e. The van der Waals surface area contributed by atoms with Gasteiger partial charge in [-0.1, -0.05) is 12.7 Å². The minimum Gasteiger partial charge on any atom is -0.466 e. The van der Waals surface area contributed by atoms with Gasteiger partial charge in [-0.3, -0.25) is 4.79 Å². The van der Waals surface area contributed by atoms with E-state index in [1.54, 1.807) is 0 Å². The van der Waals surface area contributed by atoms with Crippen molar-refractivity contribution in [2.24, 2.45) is 0 Å². The van der Waals surface area contributed by atoms with Gasteiger partial charge in [-0.05, 0) is 18.2 Å². The van der Waals surface area contributed by atoms with Gasteiger partial charge in [0.2, 0.25) is 0 Å². The first kappa shape index (κ1) is 20.1. The van der Waals surface area contributed by atoms with Crippen LogP contribution < -0.4 is 5.32 Å². The molecule has 1 aliphatic rings. The van der Waals surface area contributed by atoms with Crippen molar-refractivity contribution in [1.29, 1.82) is 0 Å². The molecule has 1 aromatic carbocycles. The lowest BCUT2D eigenvalue weighted by Gasteiger charge is -2.15. The Hall–Kier alpha value is -3.20. The molecule has 1 aliphatic heterocycles. The summed E-state index contributed by atoms with van der Waals surface area (Å²) in [6.45, 7) is 3.06. The Labute approximate surface area is 154 Å². The first-order chi connectivity index (χ1) is 12.9. The average molecular weight is 378 g/mol. The van der Waals surface area contributed by atoms with E-state index in [2.05, 4.69) is 16.6 Å². The molecule has 0 saturated carbocycles. The number of benzene rings is 1. The summed E-state index contributed by atoms with van der Waals surface area (Å²) in [7, 11) is 1.16. The summed E-state index contributed by atoms with van der Waals surface area (Å²) in [5.41, 5.74) is -0.242. The van der Waals surface area contributed by atoms with Crippen molar-refractivity contribution in [1.82, 2.24) is 4.90 Å². The molecule has 1 amide bonds. The van der Waals surface area contributed by atoms with Crippen LogP contribution in [0.4, 0.5) is 10.1 Å². The molecule has 0 saturated heterocycles. The Kier molecular flexibility index (Phi) is 6.67. The van der Waals surface area contributed by atoms with Gasteiger partial charge < -0.3 is 24.8 Å². The highest BCUT2D eigenvalue weighted by Crippen LogP contribution is 2.25. The number of hydrogen-bond acceptors (Lipinski definition) is 7. The Balaban J connectivity index is 2.27. The number of β-amino-alcohol motifs (C(OH)–C–C–N with tert-alkyl or cyclic N) is 1. The normalized spacial score (nSPS) is 13.6. The molecule has 8 nitrogen and oxygen atoms in total. The molecular formula is C18H19FN2O6. The fourth-order valence-corrected chi connectivity index (χ4v) is 2.45. The van der Waals surface area contributed by atoms with Crippen molar-refractivity contribution in [2.45, 2.75) is 0 Å². The van der Waals surface area contributed by atoms with Crippen LogP contribution in [0.15, 0.2) is 42.1 Å². The number of amides is 1. The summed E-state index contributed by atoms with van der Waals surface area (Å²) >= 11 is 0. The lowest BCUT2D eigenvalue weighted by Crippen LogP contribution is -2.31. The lowest BCUT2D eigenvalue weighted by atomic mass is 10.1. The molecule has 0 radical (unpaired) electrons. The summed E-state index contributed by atoms with van der Waals surface area (Å²) in [4.78, 5) is 37.3. The number of aliphatic hydroxyl groups excluding tert-OH is 1. The van der Waals surface area contributed by atoms with Gasteiger partial charge in [0.25, 0.3) is 5.91 Å². The fraction of sp³-hybridized carbons (Fsp3) is 0.278. The standard InChI is InChI=1S/C18H19FN2O6/c1-3-8-27-17(24)11-4-5-14(13(19)9-11)20-15-12(18(25)26-2)10-21(6-7-22)16(15)23/h3-5,9,20,22H,1,6-8,10H2,2H3. The van der Waals surface area contributed by atoms with E-state index in [1.807, 2.05) is 0 Å². The molecule has 0 bridgehead atoms. The topological polar surface area (TPSA) is 105 Å². The highest BCUT2D eigenvalue weighted by Gasteiger charge is 2.34. The number of nitrogens with one attached hydrogen (secondary N) is 1. The van der Waals surface area contributed by atoms with Gasteiger partial charge in [0.1, 0.15) is 18.1 Å². The highest BCUT2D eigenvalue weighted by atomic mass is 19.1. The number of halogens is 1. The van der Waals surface area contributed by atoms with E-state index >= 15 is 0 Å². The number of carbonyl (C=O) groups excluding carboxylic acids is 3. The molecule has 0 fully saturated rings. The van der Waals surface area contributed by atoms with Crippen LogP contribution in [0.5, 0.6) is 0 Å². The number of hydrogen-bond donors (Lipinski definition) is 2. The number of anilines is 1. The molecule has 27 heavy (non-hydrogen) atoms. The van der Waals surface area contributed by atoms with Crippen LogP contribution in [0, 0.1) is 5.82 Å². The molecule has 1 aromatic rings. The number of ether oxygens (including phenoxy) is 2. The third-order valence-corrected chi connectivity index (χ3v) is 3.75. The SMILES string of the molecule is C=CCOC(=O)c1ccc(NC2=C(C(=O)OC)CN(CCO)C2=O)c(F)c1. The van der Waals surface area contributed by atoms with E-state index in [4.69, 9.17) is 9.84 Å². The number of esters is 2. The van der Waals surface area contributed by atoms with Crippen LogP contribution in [0.2, 0.25) is 0 Å². The summed E-state index contributed by atoms with van der Waals surface area (Å²) in [6, 6.07) is 3.53. The van der Waals surface area contributed by atoms with Gasteiger partial charge in [-0.2, -0.15) is 0 Å². The van der Waals surface area contributed by atoms with Crippen LogP contribution in [-0.2, 0) is 19.1 Å². The number of rotatable bonds is 8. The first-order valence-electron chi connectivity index (χ1n) is 7.99. The molecule has 0 unspecified atom stereocenters. The van der Waals surface area contributed by atoms with Crippen LogP contribution in [-0.4, -0.2) is 61.3 Å². The smallest absolute Gasteiger partial charge is 0.338 e. The Bertz CT molecular complexity index is 805. The van der Waals surface area contributed by atoms with E-state index in [0.717, 1.165) is 13.2 Å². The predicted molar refractivity (Wildman–Crippen MR) is 93.2 cm³/mol. The number of nitrogens with zero attached hydrogens (tertiary/aromatic N) is 1. The van der Waals surface area contributed by atoms with Gasteiger partial charge in [0.05, 0.1) is 37.1 Å². The van der Waals surface area contributed by atoms with Gasteiger partial charge in [-0.25, -0.2) is 14.0 Å². The summed E-state index contributed by atoms with van der Waals surface area (Å²) in [6.07, 6.45) is 1.38. The molecule has 2 N–H and O–H groups in total. The molecule has 0 atom stereocenters. The maximum absolute atomic E-state index is 14.4. The fourth-order valence-electron chi connectivity index (χ4n) is 2.45. The number of carbonyl (C=O) groups is 3. The van der Waals surface area contributed by atoms with Gasteiger partial charge in [0, 0.05) is 6.54 Å². The zero-order valence-electron chi connectivity index (χ0n) is 14.7. The monoisotopic (exact) mass is 378 g/mol. The molecule has 2 rings (SSSR count). The minimum atomic E-state index is -0.812. The second-order valence-corrected chi connectivity index (χ2v) is 5.50. The molecule has 144 valence electrons. The van der Waals surface area contributed by atoms with Crippen molar-refractivity contribution in [3.05, 3.63) is 53.5 Å². The molecule has 0 aromatic heterocycles. The third kappa shape index (κ3) is 4.50. The van der Waals surface area contributed by atoms with Gasteiger partial charge in [-0.15, -0.1) is 0 Å². The quantitative estimate of drug-likeness (QED) is 0.510. The van der Waals surface area contributed by atoms with Crippen LogP contribution in [0.3, 0.4) is 0 Å².